The van der Waals surface area contributed by atoms with Crippen LogP contribution in [0.15, 0.2) is 28.7 Å². The van der Waals surface area contributed by atoms with Gasteiger partial charge >= 0.3 is 0 Å². The van der Waals surface area contributed by atoms with Crippen LogP contribution in [-0.4, -0.2) is 23.3 Å². The molecule has 1 aromatic heterocycles. The molecule has 116 valence electrons. The van der Waals surface area contributed by atoms with E-state index in [1.54, 1.807) is 24.3 Å². The SMILES string of the molecule is CC(=O)c1ccc(OCC(=O)NCc2nc(C)c(C)o2)cc1. The van der Waals surface area contributed by atoms with Crippen LogP contribution in [-0.2, 0) is 11.3 Å². The Hall–Kier alpha value is -2.63. The zero-order valence-corrected chi connectivity index (χ0v) is 12.8. The van der Waals surface area contributed by atoms with Gasteiger partial charge < -0.3 is 14.5 Å². The summed E-state index contributed by atoms with van der Waals surface area (Å²) in [5, 5.41) is 2.67. The Labute approximate surface area is 128 Å². The third-order valence-corrected chi connectivity index (χ3v) is 3.14. The molecule has 6 heteroatoms. The number of ether oxygens (including phenoxy) is 1. The van der Waals surface area contributed by atoms with Gasteiger partial charge in [-0.3, -0.25) is 9.59 Å². The van der Waals surface area contributed by atoms with E-state index in [2.05, 4.69) is 10.3 Å². The van der Waals surface area contributed by atoms with Gasteiger partial charge in [-0.25, -0.2) is 4.98 Å². The summed E-state index contributed by atoms with van der Waals surface area (Å²) in [6, 6.07) is 6.64. The smallest absolute Gasteiger partial charge is 0.258 e. The van der Waals surface area contributed by atoms with Crippen LogP contribution in [0.5, 0.6) is 5.75 Å². The standard InChI is InChI=1S/C16H18N2O4/c1-10-12(3)22-16(18-10)8-17-15(20)9-21-14-6-4-13(5-7-14)11(2)19/h4-7H,8-9H2,1-3H3,(H,17,20). The Morgan fingerprint density at radius 1 is 1.23 bits per heavy atom. The zero-order chi connectivity index (χ0) is 16.1. The molecule has 0 aliphatic heterocycles. The molecule has 0 saturated heterocycles. The molecule has 0 saturated carbocycles. The molecular formula is C16H18N2O4. The number of aryl methyl sites for hydroxylation is 2. The van der Waals surface area contributed by atoms with Gasteiger partial charge in [-0.05, 0) is 45.0 Å². The van der Waals surface area contributed by atoms with Crippen molar-refractivity contribution in [2.24, 2.45) is 0 Å². The van der Waals surface area contributed by atoms with E-state index in [1.165, 1.54) is 6.92 Å². The first-order chi connectivity index (χ1) is 10.5. The van der Waals surface area contributed by atoms with Gasteiger partial charge in [0.2, 0.25) is 5.89 Å². The number of amides is 1. The second-order valence-corrected chi connectivity index (χ2v) is 4.90. The number of rotatable bonds is 6. The lowest BCUT2D eigenvalue weighted by molar-refractivity contribution is -0.123. The van der Waals surface area contributed by atoms with Gasteiger partial charge in [0.25, 0.3) is 5.91 Å². The quantitative estimate of drug-likeness (QED) is 0.827. The monoisotopic (exact) mass is 302 g/mol. The Kier molecular flexibility index (Phi) is 4.93. The van der Waals surface area contributed by atoms with E-state index in [0.29, 0.717) is 17.2 Å². The van der Waals surface area contributed by atoms with Crippen molar-refractivity contribution in [3.8, 4) is 5.75 Å². The number of carbonyl (C=O) groups is 2. The van der Waals surface area contributed by atoms with Crippen molar-refractivity contribution in [3.63, 3.8) is 0 Å². The fourth-order valence-electron chi connectivity index (χ4n) is 1.77. The van der Waals surface area contributed by atoms with Crippen LogP contribution in [0.3, 0.4) is 0 Å². The number of carbonyl (C=O) groups excluding carboxylic acids is 2. The molecule has 1 aromatic carbocycles. The average Bonchev–Trinajstić information content (AvgIpc) is 2.82. The van der Waals surface area contributed by atoms with Gasteiger partial charge in [-0.1, -0.05) is 0 Å². The lowest BCUT2D eigenvalue weighted by Gasteiger charge is -2.06. The van der Waals surface area contributed by atoms with E-state index in [9.17, 15) is 9.59 Å². The van der Waals surface area contributed by atoms with Crippen LogP contribution in [0.1, 0.15) is 34.6 Å². The van der Waals surface area contributed by atoms with Crippen molar-refractivity contribution in [3.05, 3.63) is 47.2 Å². The number of Topliss-reactive ketones (excluding diaryl/α,β-unsaturated/α-hetero) is 1. The molecule has 0 aliphatic carbocycles. The van der Waals surface area contributed by atoms with Crippen molar-refractivity contribution in [2.75, 3.05) is 6.61 Å². The molecule has 0 fully saturated rings. The minimum absolute atomic E-state index is 0.0131. The number of ketones is 1. The molecule has 6 nitrogen and oxygen atoms in total. The summed E-state index contributed by atoms with van der Waals surface area (Å²) in [5.74, 6) is 1.45. The lowest BCUT2D eigenvalue weighted by atomic mass is 10.1. The molecule has 22 heavy (non-hydrogen) atoms. The molecule has 2 rings (SSSR count). The highest BCUT2D eigenvalue weighted by Gasteiger charge is 2.08. The molecule has 1 N–H and O–H groups in total. The zero-order valence-electron chi connectivity index (χ0n) is 12.8. The molecule has 0 unspecified atom stereocenters. The Bertz CT molecular complexity index is 654. The molecule has 0 aliphatic rings. The molecule has 1 heterocycles. The largest absolute Gasteiger partial charge is 0.484 e. The fourth-order valence-corrected chi connectivity index (χ4v) is 1.77. The lowest BCUT2D eigenvalue weighted by Crippen LogP contribution is -2.28. The minimum atomic E-state index is -0.274. The normalized spacial score (nSPS) is 10.3. The molecule has 0 radical (unpaired) electrons. The van der Waals surface area contributed by atoms with E-state index < -0.39 is 0 Å². The number of nitrogens with one attached hydrogen (secondary N) is 1. The second kappa shape index (κ2) is 6.89. The third kappa shape index (κ3) is 4.18. The number of benzene rings is 1. The Morgan fingerprint density at radius 3 is 2.45 bits per heavy atom. The number of nitrogens with zero attached hydrogens (tertiary/aromatic N) is 1. The molecule has 0 bridgehead atoms. The number of hydrogen-bond donors (Lipinski definition) is 1. The second-order valence-electron chi connectivity index (χ2n) is 4.90. The predicted molar refractivity (Wildman–Crippen MR) is 79.8 cm³/mol. The first-order valence-electron chi connectivity index (χ1n) is 6.89. The highest BCUT2D eigenvalue weighted by molar-refractivity contribution is 5.94. The van der Waals surface area contributed by atoms with Gasteiger partial charge in [-0.15, -0.1) is 0 Å². The average molecular weight is 302 g/mol. The van der Waals surface area contributed by atoms with Gasteiger partial charge in [0, 0.05) is 5.56 Å². The van der Waals surface area contributed by atoms with E-state index in [1.807, 2.05) is 13.8 Å². The molecule has 2 aromatic rings. The van der Waals surface area contributed by atoms with Crippen molar-refractivity contribution in [2.45, 2.75) is 27.3 Å². The molecule has 1 amide bonds. The molecular weight excluding hydrogens is 284 g/mol. The first kappa shape index (κ1) is 15.8. The van der Waals surface area contributed by atoms with Crippen LogP contribution in [0.4, 0.5) is 0 Å². The number of oxazole rings is 1. The maximum Gasteiger partial charge on any atom is 0.258 e. The first-order valence-corrected chi connectivity index (χ1v) is 6.89. The summed E-state index contributed by atoms with van der Waals surface area (Å²) in [6.45, 7) is 5.27. The minimum Gasteiger partial charge on any atom is -0.484 e. The Balaban J connectivity index is 1.78. The number of aromatic nitrogens is 1. The van der Waals surface area contributed by atoms with Gasteiger partial charge in [0.1, 0.15) is 11.5 Å². The summed E-state index contributed by atoms with van der Waals surface area (Å²) < 4.78 is 10.7. The number of hydrogen-bond acceptors (Lipinski definition) is 5. The van der Waals surface area contributed by atoms with Gasteiger partial charge in [0.15, 0.2) is 12.4 Å². The van der Waals surface area contributed by atoms with Gasteiger partial charge in [0.05, 0.1) is 12.2 Å². The van der Waals surface area contributed by atoms with Crippen LogP contribution in [0.25, 0.3) is 0 Å². The molecule has 0 atom stereocenters. The third-order valence-electron chi connectivity index (χ3n) is 3.14. The fraction of sp³-hybridized carbons (Fsp3) is 0.312. The summed E-state index contributed by atoms with van der Waals surface area (Å²) >= 11 is 0. The van der Waals surface area contributed by atoms with Gasteiger partial charge in [-0.2, -0.15) is 0 Å². The predicted octanol–water partition coefficient (Wildman–Crippen LogP) is 2.19. The highest BCUT2D eigenvalue weighted by Crippen LogP contribution is 2.12. The van der Waals surface area contributed by atoms with E-state index in [-0.39, 0.29) is 24.8 Å². The topological polar surface area (TPSA) is 81.4 Å². The van der Waals surface area contributed by atoms with Crippen LogP contribution >= 0.6 is 0 Å². The van der Waals surface area contributed by atoms with Crippen LogP contribution in [0, 0.1) is 13.8 Å². The highest BCUT2D eigenvalue weighted by atomic mass is 16.5. The summed E-state index contributed by atoms with van der Waals surface area (Å²) in [6.07, 6.45) is 0. The van der Waals surface area contributed by atoms with E-state index in [4.69, 9.17) is 9.15 Å². The maximum absolute atomic E-state index is 11.7. The van der Waals surface area contributed by atoms with Crippen molar-refractivity contribution in [1.29, 1.82) is 0 Å². The summed E-state index contributed by atoms with van der Waals surface area (Å²) in [7, 11) is 0. The summed E-state index contributed by atoms with van der Waals surface area (Å²) in [4.78, 5) is 27.0. The summed E-state index contributed by atoms with van der Waals surface area (Å²) in [5.41, 5.74) is 1.41. The van der Waals surface area contributed by atoms with E-state index >= 15 is 0 Å². The molecule has 0 spiro atoms. The van der Waals surface area contributed by atoms with Crippen LogP contribution < -0.4 is 10.1 Å². The van der Waals surface area contributed by atoms with Crippen molar-refractivity contribution < 1.29 is 18.7 Å². The Morgan fingerprint density at radius 2 is 1.91 bits per heavy atom. The van der Waals surface area contributed by atoms with Crippen molar-refractivity contribution >= 4 is 11.7 Å². The van der Waals surface area contributed by atoms with E-state index in [0.717, 1.165) is 11.5 Å². The maximum atomic E-state index is 11.7. The van der Waals surface area contributed by atoms with Crippen LogP contribution in [0.2, 0.25) is 0 Å². The van der Waals surface area contributed by atoms with Crippen molar-refractivity contribution in [1.82, 2.24) is 10.3 Å².